The van der Waals surface area contributed by atoms with E-state index in [0.29, 0.717) is 29.8 Å². The van der Waals surface area contributed by atoms with Gasteiger partial charge in [-0.2, -0.15) is 18.3 Å². The number of alkyl halides is 3. The van der Waals surface area contributed by atoms with Crippen LogP contribution in [0.3, 0.4) is 0 Å². The highest BCUT2D eigenvalue weighted by molar-refractivity contribution is 6.30. The molecule has 0 aliphatic heterocycles. The lowest BCUT2D eigenvalue weighted by atomic mass is 9.93. The van der Waals surface area contributed by atoms with Gasteiger partial charge in [-0.15, -0.1) is 0 Å². The molecule has 0 spiro atoms. The first-order valence-electron chi connectivity index (χ1n) is 10.1. The summed E-state index contributed by atoms with van der Waals surface area (Å²) in [6.45, 7) is 0.0431. The molecule has 0 fully saturated rings. The Balaban J connectivity index is 1.50. The van der Waals surface area contributed by atoms with Crippen LogP contribution in [0.2, 0.25) is 5.02 Å². The van der Waals surface area contributed by atoms with Gasteiger partial charge in [0.05, 0.1) is 24.3 Å². The van der Waals surface area contributed by atoms with E-state index >= 15 is 0 Å². The van der Waals surface area contributed by atoms with E-state index in [1.807, 2.05) is 35.0 Å². The molecule has 1 aliphatic carbocycles. The summed E-state index contributed by atoms with van der Waals surface area (Å²) in [6, 6.07) is 10.1. The molecule has 0 bridgehead atoms. The fourth-order valence-electron chi connectivity index (χ4n) is 3.93. The molecular formula is C22H20ClF3N4O2. The van der Waals surface area contributed by atoms with E-state index in [9.17, 15) is 22.8 Å². The maximum Gasteiger partial charge on any atom is 0.417 e. The van der Waals surface area contributed by atoms with Crippen LogP contribution in [0.25, 0.3) is 0 Å². The Kier molecular flexibility index (Phi) is 6.10. The molecule has 3 aromatic rings. The fourth-order valence-corrected chi connectivity index (χ4v) is 4.15. The predicted octanol–water partition coefficient (Wildman–Crippen LogP) is 3.96. The van der Waals surface area contributed by atoms with Crippen molar-refractivity contribution in [2.24, 2.45) is 0 Å². The summed E-state index contributed by atoms with van der Waals surface area (Å²) in [4.78, 5) is 24.7. The first-order valence-corrected chi connectivity index (χ1v) is 10.4. The molecule has 6 nitrogen and oxygen atoms in total. The van der Waals surface area contributed by atoms with E-state index in [0.717, 1.165) is 29.7 Å². The standard InChI is InChI=1S/C22H20ClF3N4O2/c23-17-9-15(22(24,25)26)12-29(21(17)32)13-20(31)28-18-7-4-8-19-16(18)10-27-30(19)11-14-5-2-1-3-6-14/h1-3,5-6,9-10,12,18H,4,7-8,11,13H2,(H,28,31)/t18-/m0/s1. The SMILES string of the molecule is O=C(Cn1cc(C(F)(F)F)cc(Cl)c1=O)N[C@H]1CCCc2c1cnn2Cc1ccccc1. The number of aromatic nitrogens is 3. The third kappa shape index (κ3) is 4.72. The Morgan fingerprint density at radius 1 is 1.25 bits per heavy atom. The number of fused-ring (bicyclic) bond motifs is 1. The Bertz CT molecular complexity index is 1190. The van der Waals surface area contributed by atoms with Gasteiger partial charge < -0.3 is 9.88 Å². The van der Waals surface area contributed by atoms with Crippen molar-refractivity contribution < 1.29 is 18.0 Å². The highest BCUT2D eigenvalue weighted by atomic mass is 35.5. The van der Waals surface area contributed by atoms with Crippen LogP contribution in [0.4, 0.5) is 13.2 Å². The van der Waals surface area contributed by atoms with Crippen molar-refractivity contribution in [2.75, 3.05) is 0 Å². The molecule has 1 aromatic carbocycles. The van der Waals surface area contributed by atoms with Gasteiger partial charge in [-0.1, -0.05) is 41.9 Å². The Morgan fingerprint density at radius 3 is 2.72 bits per heavy atom. The average molecular weight is 465 g/mol. The molecular weight excluding hydrogens is 445 g/mol. The minimum Gasteiger partial charge on any atom is -0.348 e. The lowest BCUT2D eigenvalue weighted by Gasteiger charge is -2.24. The van der Waals surface area contributed by atoms with Gasteiger partial charge in [0, 0.05) is 17.5 Å². The van der Waals surface area contributed by atoms with Crippen molar-refractivity contribution >= 4 is 17.5 Å². The molecule has 32 heavy (non-hydrogen) atoms. The van der Waals surface area contributed by atoms with E-state index in [4.69, 9.17) is 11.6 Å². The lowest BCUT2D eigenvalue weighted by molar-refractivity contribution is -0.138. The van der Waals surface area contributed by atoms with Crippen molar-refractivity contribution in [3.63, 3.8) is 0 Å². The maximum absolute atomic E-state index is 13.0. The summed E-state index contributed by atoms with van der Waals surface area (Å²) < 4.78 is 41.7. The summed E-state index contributed by atoms with van der Waals surface area (Å²) >= 11 is 5.66. The van der Waals surface area contributed by atoms with Crippen LogP contribution in [-0.4, -0.2) is 20.3 Å². The van der Waals surface area contributed by atoms with Gasteiger partial charge in [0.2, 0.25) is 5.91 Å². The molecule has 1 amide bonds. The predicted molar refractivity (Wildman–Crippen MR) is 112 cm³/mol. The number of nitrogens with zero attached hydrogens (tertiary/aromatic N) is 3. The van der Waals surface area contributed by atoms with Gasteiger partial charge in [-0.25, -0.2) is 0 Å². The summed E-state index contributed by atoms with van der Waals surface area (Å²) in [5, 5.41) is 6.71. The number of hydrogen-bond acceptors (Lipinski definition) is 3. The number of benzene rings is 1. The molecule has 2 aromatic heterocycles. The number of amides is 1. The van der Waals surface area contributed by atoms with Crippen LogP contribution >= 0.6 is 11.6 Å². The number of pyridine rings is 1. The quantitative estimate of drug-likeness (QED) is 0.621. The number of hydrogen-bond donors (Lipinski definition) is 1. The van der Waals surface area contributed by atoms with Crippen molar-refractivity contribution in [2.45, 2.75) is 44.6 Å². The van der Waals surface area contributed by atoms with E-state index in [2.05, 4.69) is 10.4 Å². The Labute approximate surface area is 186 Å². The second-order valence-corrected chi connectivity index (χ2v) is 8.12. The largest absolute Gasteiger partial charge is 0.417 e. The summed E-state index contributed by atoms with van der Waals surface area (Å²) in [5.74, 6) is -0.573. The van der Waals surface area contributed by atoms with Gasteiger partial charge in [0.15, 0.2) is 0 Å². The Hall–Kier alpha value is -3.07. The van der Waals surface area contributed by atoms with Crippen molar-refractivity contribution in [3.05, 3.63) is 86.6 Å². The Morgan fingerprint density at radius 2 is 2.00 bits per heavy atom. The zero-order valence-electron chi connectivity index (χ0n) is 16.9. The van der Waals surface area contributed by atoms with Crippen molar-refractivity contribution in [3.8, 4) is 0 Å². The molecule has 1 N–H and O–H groups in total. The molecule has 0 radical (unpaired) electrons. The van der Waals surface area contributed by atoms with Gasteiger partial charge >= 0.3 is 6.18 Å². The second kappa shape index (κ2) is 8.82. The monoisotopic (exact) mass is 464 g/mol. The number of carbonyl (C=O) groups excluding carboxylic acids is 1. The van der Waals surface area contributed by atoms with Crippen LogP contribution < -0.4 is 10.9 Å². The molecule has 2 heterocycles. The lowest BCUT2D eigenvalue weighted by Crippen LogP contribution is -2.36. The van der Waals surface area contributed by atoms with Gasteiger partial charge in [0.1, 0.15) is 11.6 Å². The molecule has 168 valence electrons. The van der Waals surface area contributed by atoms with Gasteiger partial charge in [-0.3, -0.25) is 14.3 Å². The van der Waals surface area contributed by atoms with E-state index in [-0.39, 0.29) is 6.04 Å². The zero-order chi connectivity index (χ0) is 22.9. The number of rotatable bonds is 5. The summed E-state index contributed by atoms with van der Waals surface area (Å²) in [6.07, 6.45) is -0.0339. The molecule has 1 aliphatic rings. The third-order valence-electron chi connectivity index (χ3n) is 5.46. The van der Waals surface area contributed by atoms with E-state index in [1.54, 1.807) is 6.20 Å². The summed E-state index contributed by atoms with van der Waals surface area (Å²) in [7, 11) is 0. The summed E-state index contributed by atoms with van der Waals surface area (Å²) in [5.41, 5.74) is 1.07. The molecule has 10 heteroatoms. The van der Waals surface area contributed by atoms with E-state index in [1.165, 1.54) is 0 Å². The van der Waals surface area contributed by atoms with Crippen LogP contribution in [0.15, 0.2) is 53.6 Å². The first kappa shape index (κ1) is 22.1. The maximum atomic E-state index is 13.0. The molecule has 4 rings (SSSR count). The minimum atomic E-state index is -4.68. The van der Waals surface area contributed by atoms with Gasteiger partial charge in [0.25, 0.3) is 5.56 Å². The fraction of sp³-hybridized carbons (Fsp3) is 0.318. The molecule has 0 saturated heterocycles. The highest BCUT2D eigenvalue weighted by Gasteiger charge is 2.32. The first-order chi connectivity index (χ1) is 15.2. The van der Waals surface area contributed by atoms with Gasteiger partial charge in [-0.05, 0) is 30.9 Å². The van der Waals surface area contributed by atoms with Crippen LogP contribution in [-0.2, 0) is 30.5 Å². The topological polar surface area (TPSA) is 68.9 Å². The normalized spacial score (nSPS) is 15.9. The second-order valence-electron chi connectivity index (χ2n) is 7.71. The van der Waals surface area contributed by atoms with Crippen LogP contribution in [0.1, 0.15) is 41.3 Å². The molecule has 0 saturated carbocycles. The zero-order valence-corrected chi connectivity index (χ0v) is 17.7. The highest BCUT2D eigenvalue weighted by Crippen LogP contribution is 2.31. The molecule has 0 unspecified atom stereocenters. The smallest absolute Gasteiger partial charge is 0.348 e. The number of nitrogens with one attached hydrogen (secondary N) is 1. The van der Waals surface area contributed by atoms with Crippen LogP contribution in [0.5, 0.6) is 0 Å². The van der Waals surface area contributed by atoms with Crippen molar-refractivity contribution in [1.82, 2.24) is 19.7 Å². The van der Waals surface area contributed by atoms with E-state index < -0.39 is 34.8 Å². The van der Waals surface area contributed by atoms with Crippen molar-refractivity contribution in [1.29, 1.82) is 0 Å². The van der Waals surface area contributed by atoms with Crippen LogP contribution in [0, 0.1) is 0 Å². The minimum absolute atomic E-state index is 0.326. The average Bonchev–Trinajstić information content (AvgIpc) is 3.15. The third-order valence-corrected chi connectivity index (χ3v) is 5.73. The molecule has 1 atom stereocenters. The number of carbonyl (C=O) groups is 1. The number of halogens is 4.